The Morgan fingerprint density at radius 3 is 2.73 bits per heavy atom. The van der Waals surface area contributed by atoms with Crippen LogP contribution in [0.15, 0.2) is 36.9 Å². The van der Waals surface area contributed by atoms with Crippen LogP contribution >= 0.6 is 0 Å². The Bertz CT molecular complexity index is 1380. The van der Waals surface area contributed by atoms with Gasteiger partial charge in [-0.1, -0.05) is 0 Å². The third kappa shape index (κ3) is 4.86. The van der Waals surface area contributed by atoms with Gasteiger partial charge < -0.3 is 14.6 Å². The predicted octanol–water partition coefficient (Wildman–Crippen LogP) is 2.93. The summed E-state index contributed by atoms with van der Waals surface area (Å²) in [7, 11) is -3.62. The minimum absolute atomic E-state index is 0.108. The molecule has 0 bridgehead atoms. The summed E-state index contributed by atoms with van der Waals surface area (Å²) in [4.78, 5) is 17.7. The lowest BCUT2D eigenvalue weighted by Gasteiger charge is -2.11. The van der Waals surface area contributed by atoms with Gasteiger partial charge >= 0.3 is 0 Å². The second-order valence-corrected chi connectivity index (χ2v) is 9.63. The van der Waals surface area contributed by atoms with Gasteiger partial charge in [-0.3, -0.25) is 0 Å². The van der Waals surface area contributed by atoms with Crippen LogP contribution in [0.3, 0.4) is 0 Å². The van der Waals surface area contributed by atoms with Crippen LogP contribution in [0.2, 0.25) is 0 Å². The molecule has 12 heteroatoms. The number of nitrogens with zero attached hydrogens (tertiary/aromatic N) is 7. The highest BCUT2D eigenvalue weighted by molar-refractivity contribution is 7.89. The van der Waals surface area contributed by atoms with E-state index in [9.17, 15) is 8.42 Å². The van der Waals surface area contributed by atoms with E-state index in [0.29, 0.717) is 29.6 Å². The fourth-order valence-electron chi connectivity index (χ4n) is 3.51. The summed E-state index contributed by atoms with van der Waals surface area (Å²) in [5.74, 6) is 2.24. The maximum atomic E-state index is 12.4. The molecule has 0 unspecified atom stereocenters. The minimum atomic E-state index is -3.62. The van der Waals surface area contributed by atoms with Crippen molar-refractivity contribution in [1.82, 2.24) is 33.7 Å². The highest BCUT2D eigenvalue weighted by Gasteiger charge is 2.17. The summed E-state index contributed by atoms with van der Waals surface area (Å²) >= 11 is 0. The van der Waals surface area contributed by atoms with Crippen molar-refractivity contribution < 1.29 is 13.2 Å². The van der Waals surface area contributed by atoms with Crippen LogP contribution in [0, 0.1) is 6.92 Å². The lowest BCUT2D eigenvalue weighted by Crippen LogP contribution is -2.20. The molecule has 0 aliphatic rings. The first-order valence-electron chi connectivity index (χ1n) is 10.6. The second-order valence-electron chi connectivity index (χ2n) is 7.69. The minimum Gasteiger partial charge on any atom is -0.381 e. The summed E-state index contributed by atoms with van der Waals surface area (Å²) < 4.78 is 33.0. The van der Waals surface area contributed by atoms with Crippen LogP contribution in [-0.2, 0) is 14.8 Å². The van der Waals surface area contributed by atoms with E-state index in [1.54, 1.807) is 18.5 Å². The van der Waals surface area contributed by atoms with E-state index >= 15 is 0 Å². The highest BCUT2D eigenvalue weighted by atomic mass is 32.2. The zero-order valence-electron chi connectivity index (χ0n) is 18.9. The third-order valence-electron chi connectivity index (χ3n) is 4.97. The smallest absolute Gasteiger partial charge is 0.256 e. The monoisotopic (exact) mass is 470 g/mol. The zero-order valence-corrected chi connectivity index (χ0v) is 19.7. The van der Waals surface area contributed by atoms with Crippen molar-refractivity contribution in [2.45, 2.75) is 33.7 Å². The van der Waals surface area contributed by atoms with Crippen molar-refractivity contribution in [2.24, 2.45) is 0 Å². The molecule has 0 amide bonds. The van der Waals surface area contributed by atoms with Gasteiger partial charge in [-0.25, -0.2) is 28.4 Å². The van der Waals surface area contributed by atoms with Gasteiger partial charge in [0.1, 0.15) is 23.0 Å². The number of hydrogen-bond acceptors (Lipinski definition) is 9. The van der Waals surface area contributed by atoms with Crippen molar-refractivity contribution in [1.29, 1.82) is 0 Å². The molecule has 4 aromatic rings. The van der Waals surface area contributed by atoms with E-state index < -0.39 is 10.0 Å². The molecule has 0 spiro atoms. The summed E-state index contributed by atoms with van der Waals surface area (Å²) in [5, 5.41) is 7.16. The van der Waals surface area contributed by atoms with E-state index in [4.69, 9.17) is 4.74 Å². The van der Waals surface area contributed by atoms with Crippen LogP contribution in [-0.4, -0.2) is 61.1 Å². The van der Waals surface area contributed by atoms with Crippen molar-refractivity contribution in [2.75, 3.05) is 24.3 Å². The maximum absolute atomic E-state index is 12.4. The van der Waals surface area contributed by atoms with Crippen molar-refractivity contribution >= 4 is 32.7 Å². The molecule has 0 fully saturated rings. The molecule has 11 nitrogen and oxygen atoms in total. The molecule has 0 saturated carbocycles. The summed E-state index contributed by atoms with van der Waals surface area (Å²) in [6, 6.07) is 3.90. The first-order chi connectivity index (χ1) is 15.8. The van der Waals surface area contributed by atoms with E-state index in [1.807, 2.05) is 19.9 Å². The van der Waals surface area contributed by atoms with Gasteiger partial charge in [0.2, 0.25) is 0 Å². The molecular weight excluding hydrogens is 444 g/mol. The summed E-state index contributed by atoms with van der Waals surface area (Å²) in [6.45, 7) is 8.56. The number of nitrogens with one attached hydrogen (secondary N) is 1. The molecule has 0 aliphatic heterocycles. The third-order valence-corrected chi connectivity index (χ3v) is 6.43. The molecule has 0 aliphatic carbocycles. The standard InChI is InChI=1S/C21H26N8O3S/c1-5-32-8-9-33(30,31)28-13-16(11-24-28)21-22-7-6-19(27-21)26-20-10-18-17(12-23-20)25-15(4)29(18)14(2)3/h6-7,10-14H,5,8-9H2,1-4H3,(H,22,23,26,27). The van der Waals surface area contributed by atoms with Crippen LogP contribution in [0.4, 0.5) is 11.6 Å². The molecule has 33 heavy (non-hydrogen) atoms. The second kappa shape index (κ2) is 9.24. The number of hydrogen-bond donors (Lipinski definition) is 1. The Kier molecular flexibility index (Phi) is 6.38. The topological polar surface area (TPSA) is 130 Å². The fourth-order valence-corrected chi connectivity index (χ4v) is 4.49. The average molecular weight is 471 g/mol. The van der Waals surface area contributed by atoms with Gasteiger partial charge in [0, 0.05) is 24.9 Å². The van der Waals surface area contributed by atoms with E-state index in [1.165, 1.54) is 12.4 Å². The number of rotatable bonds is 9. The van der Waals surface area contributed by atoms with E-state index in [-0.39, 0.29) is 18.4 Å². The van der Waals surface area contributed by atoms with Crippen LogP contribution in [0.1, 0.15) is 32.6 Å². The van der Waals surface area contributed by atoms with Crippen molar-refractivity contribution in [3.63, 3.8) is 0 Å². The Hall–Kier alpha value is -3.38. The Morgan fingerprint density at radius 2 is 1.97 bits per heavy atom. The van der Waals surface area contributed by atoms with E-state index in [2.05, 4.69) is 48.8 Å². The Morgan fingerprint density at radius 1 is 1.15 bits per heavy atom. The largest absolute Gasteiger partial charge is 0.381 e. The first kappa shape index (κ1) is 22.8. The highest BCUT2D eigenvalue weighted by Crippen LogP contribution is 2.24. The SMILES string of the molecule is CCOCCS(=O)(=O)n1cc(-c2nccc(Nc3cc4c(cn3)nc(C)n4C(C)C)n2)cn1. The van der Waals surface area contributed by atoms with Crippen LogP contribution < -0.4 is 5.32 Å². The van der Waals surface area contributed by atoms with Gasteiger partial charge in [0.15, 0.2) is 5.82 Å². The van der Waals surface area contributed by atoms with Crippen LogP contribution in [0.25, 0.3) is 22.4 Å². The molecule has 174 valence electrons. The first-order valence-corrected chi connectivity index (χ1v) is 12.2. The molecule has 0 atom stereocenters. The number of anilines is 2. The number of pyridine rings is 1. The van der Waals surface area contributed by atoms with Gasteiger partial charge in [-0.05, 0) is 33.8 Å². The molecule has 1 N–H and O–H groups in total. The average Bonchev–Trinajstić information content (AvgIpc) is 3.39. The zero-order chi connectivity index (χ0) is 23.6. The predicted molar refractivity (Wildman–Crippen MR) is 125 cm³/mol. The quantitative estimate of drug-likeness (QED) is 0.367. The van der Waals surface area contributed by atoms with Gasteiger partial charge in [-0.15, -0.1) is 0 Å². The van der Waals surface area contributed by atoms with Crippen LogP contribution in [0.5, 0.6) is 0 Å². The normalized spacial score (nSPS) is 12.0. The van der Waals surface area contributed by atoms with Crippen molar-refractivity contribution in [3.8, 4) is 11.4 Å². The maximum Gasteiger partial charge on any atom is 0.256 e. The lowest BCUT2D eigenvalue weighted by molar-refractivity contribution is 0.163. The van der Waals surface area contributed by atoms with Crippen molar-refractivity contribution in [3.05, 3.63) is 42.7 Å². The Balaban J connectivity index is 1.57. The fraction of sp³-hybridized carbons (Fsp3) is 0.381. The number of aryl methyl sites for hydroxylation is 1. The van der Waals surface area contributed by atoms with Gasteiger partial charge in [0.25, 0.3) is 10.0 Å². The molecule has 4 aromatic heterocycles. The molecule has 4 heterocycles. The molecule has 4 rings (SSSR count). The number of aromatic nitrogens is 7. The molecule has 0 radical (unpaired) electrons. The molecular formula is C21H26N8O3S. The van der Waals surface area contributed by atoms with Gasteiger partial charge in [0.05, 0.1) is 42.0 Å². The number of ether oxygens (including phenoxy) is 1. The summed E-state index contributed by atoms with van der Waals surface area (Å²) in [5.41, 5.74) is 2.29. The Labute approximate surface area is 191 Å². The van der Waals surface area contributed by atoms with E-state index in [0.717, 1.165) is 20.9 Å². The number of fused-ring (bicyclic) bond motifs is 1. The molecule has 0 saturated heterocycles. The summed E-state index contributed by atoms with van der Waals surface area (Å²) in [6.07, 6.45) is 6.13. The van der Waals surface area contributed by atoms with Gasteiger partial charge in [-0.2, -0.15) is 9.19 Å². The lowest BCUT2D eigenvalue weighted by atomic mass is 10.3. The number of imidazole rings is 1. The molecule has 0 aromatic carbocycles.